The molecule has 0 saturated heterocycles. The molecule has 2 N–H and O–H groups in total. The molecule has 1 aromatic heterocycles. The van der Waals surface area contributed by atoms with Gasteiger partial charge in [-0.15, -0.1) is 0 Å². The molecule has 31 heavy (non-hydrogen) atoms. The Labute approximate surface area is 182 Å². The monoisotopic (exact) mass is 426 g/mol. The molecule has 1 amide bonds. The van der Waals surface area contributed by atoms with E-state index in [0.717, 1.165) is 50.6 Å². The first-order valence-corrected chi connectivity index (χ1v) is 11.0. The lowest BCUT2D eigenvalue weighted by atomic mass is 9.94. The fourth-order valence-electron chi connectivity index (χ4n) is 4.06. The number of rotatable bonds is 6. The van der Waals surface area contributed by atoms with Crippen LogP contribution in [0.2, 0.25) is 0 Å². The molecule has 1 aromatic carbocycles. The van der Waals surface area contributed by atoms with Crippen molar-refractivity contribution >= 4 is 17.6 Å². The second-order valence-corrected chi connectivity index (χ2v) is 7.92. The van der Waals surface area contributed by atoms with Crippen molar-refractivity contribution in [3.05, 3.63) is 51.4 Å². The number of aromatic hydroxyl groups is 1. The number of anilines is 1. The van der Waals surface area contributed by atoms with E-state index in [2.05, 4.69) is 12.2 Å². The summed E-state index contributed by atoms with van der Waals surface area (Å²) in [5, 5.41) is 13.6. The molecular formula is C24H30N2O5. The van der Waals surface area contributed by atoms with E-state index in [-0.39, 0.29) is 22.7 Å². The van der Waals surface area contributed by atoms with Crippen LogP contribution in [0.1, 0.15) is 74.0 Å². The Morgan fingerprint density at radius 2 is 1.84 bits per heavy atom. The number of nitrogens with zero attached hydrogens (tertiary/aromatic N) is 1. The Bertz CT molecular complexity index is 1030. The Kier molecular flexibility index (Phi) is 7.50. The number of nitrogens with one attached hydrogen (secondary N) is 1. The lowest BCUT2D eigenvalue weighted by Crippen LogP contribution is -2.33. The summed E-state index contributed by atoms with van der Waals surface area (Å²) >= 11 is 0. The molecule has 0 fully saturated rings. The normalized spacial score (nSPS) is 13.6. The number of unbranched alkanes of at least 4 members (excludes halogenated alkanes) is 1. The van der Waals surface area contributed by atoms with Crippen LogP contribution in [0.4, 0.5) is 5.69 Å². The molecule has 2 aromatic rings. The van der Waals surface area contributed by atoms with Crippen LogP contribution >= 0.6 is 0 Å². The molecule has 1 aliphatic rings. The first-order chi connectivity index (χ1) is 14.9. The summed E-state index contributed by atoms with van der Waals surface area (Å²) in [7, 11) is 0. The van der Waals surface area contributed by atoms with Gasteiger partial charge in [-0.3, -0.25) is 14.4 Å². The van der Waals surface area contributed by atoms with Gasteiger partial charge >= 0.3 is 5.97 Å². The minimum absolute atomic E-state index is 0.181. The number of para-hydroxylation sites is 2. The number of benzene rings is 1. The number of carbonyl (C=O) groups excluding carboxylic acids is 2. The number of ether oxygens (including phenoxy) is 1. The van der Waals surface area contributed by atoms with E-state index in [1.54, 1.807) is 28.8 Å². The molecule has 0 unspecified atom stereocenters. The van der Waals surface area contributed by atoms with Crippen molar-refractivity contribution < 1.29 is 19.4 Å². The van der Waals surface area contributed by atoms with E-state index in [0.29, 0.717) is 18.5 Å². The van der Waals surface area contributed by atoms with Crippen molar-refractivity contribution in [1.29, 1.82) is 0 Å². The van der Waals surface area contributed by atoms with E-state index in [1.165, 1.54) is 6.92 Å². The van der Waals surface area contributed by atoms with E-state index in [1.807, 2.05) is 0 Å². The average Bonchev–Trinajstić information content (AvgIpc) is 2.70. The van der Waals surface area contributed by atoms with Gasteiger partial charge in [-0.25, -0.2) is 0 Å². The highest BCUT2D eigenvalue weighted by Gasteiger charge is 2.26. The van der Waals surface area contributed by atoms with Gasteiger partial charge in [0.05, 0.1) is 5.69 Å². The van der Waals surface area contributed by atoms with E-state index in [9.17, 15) is 19.5 Å². The third kappa shape index (κ3) is 5.16. The van der Waals surface area contributed by atoms with E-state index >= 15 is 0 Å². The van der Waals surface area contributed by atoms with Crippen molar-refractivity contribution in [3.8, 4) is 11.5 Å². The van der Waals surface area contributed by atoms with Crippen LogP contribution in [-0.2, 0) is 24.2 Å². The number of hydrogen-bond donors (Lipinski definition) is 2. The molecule has 1 aliphatic carbocycles. The van der Waals surface area contributed by atoms with Crippen LogP contribution < -0.4 is 15.6 Å². The van der Waals surface area contributed by atoms with Gasteiger partial charge in [0.1, 0.15) is 11.3 Å². The van der Waals surface area contributed by atoms with Crippen molar-refractivity contribution in [3.63, 3.8) is 0 Å². The predicted molar refractivity (Wildman–Crippen MR) is 119 cm³/mol. The van der Waals surface area contributed by atoms with Gasteiger partial charge < -0.3 is 19.7 Å². The molecule has 166 valence electrons. The topological polar surface area (TPSA) is 97.6 Å². The molecule has 7 heteroatoms. The summed E-state index contributed by atoms with van der Waals surface area (Å²) in [6, 6.07) is 6.49. The summed E-state index contributed by atoms with van der Waals surface area (Å²) in [6.45, 7) is 3.84. The van der Waals surface area contributed by atoms with Gasteiger partial charge in [-0.1, -0.05) is 38.3 Å². The fraction of sp³-hybridized carbons (Fsp3) is 0.458. The Balaban J connectivity index is 2.06. The van der Waals surface area contributed by atoms with Gasteiger partial charge in [0, 0.05) is 24.7 Å². The third-order valence-corrected chi connectivity index (χ3v) is 5.60. The number of hydrogen-bond acceptors (Lipinski definition) is 5. The van der Waals surface area contributed by atoms with Crippen molar-refractivity contribution in [2.75, 3.05) is 5.32 Å². The number of carbonyl (C=O) groups is 2. The molecule has 0 saturated carbocycles. The maximum atomic E-state index is 13.3. The number of amides is 1. The number of pyridine rings is 1. The zero-order valence-corrected chi connectivity index (χ0v) is 18.2. The van der Waals surface area contributed by atoms with Gasteiger partial charge in [-0.2, -0.15) is 0 Å². The standard InChI is InChI=1S/C24H30N2O5/c1-3-4-15-26-19-13-8-6-5-7-11-17(19)22(28)21(24(26)30)23(29)25-18-12-9-10-14-20(18)31-16(2)27/h9-10,12,14,28H,3-8,11,13,15H2,1-2H3,(H,25,29). The quantitative estimate of drug-likeness (QED) is 0.533. The molecule has 0 spiro atoms. The highest BCUT2D eigenvalue weighted by atomic mass is 16.5. The minimum Gasteiger partial charge on any atom is -0.507 e. The first kappa shape index (κ1) is 22.6. The lowest BCUT2D eigenvalue weighted by molar-refractivity contribution is -0.131. The van der Waals surface area contributed by atoms with Crippen molar-refractivity contribution in [2.45, 2.75) is 71.8 Å². The van der Waals surface area contributed by atoms with Gasteiger partial charge in [-0.05, 0) is 44.2 Å². The van der Waals surface area contributed by atoms with Gasteiger partial charge in [0.25, 0.3) is 11.5 Å². The maximum Gasteiger partial charge on any atom is 0.308 e. The van der Waals surface area contributed by atoms with E-state index in [4.69, 9.17) is 4.74 Å². The number of fused-ring (bicyclic) bond motifs is 1. The zero-order valence-electron chi connectivity index (χ0n) is 18.2. The molecule has 0 bridgehead atoms. The van der Waals surface area contributed by atoms with Crippen LogP contribution in [0.25, 0.3) is 0 Å². The molecule has 7 nitrogen and oxygen atoms in total. The van der Waals surface area contributed by atoms with Crippen LogP contribution in [0.15, 0.2) is 29.1 Å². The summed E-state index contributed by atoms with van der Waals surface area (Å²) in [5.74, 6) is -1.28. The van der Waals surface area contributed by atoms with Crippen molar-refractivity contribution in [2.24, 2.45) is 0 Å². The van der Waals surface area contributed by atoms with Crippen LogP contribution in [0, 0.1) is 0 Å². The molecule has 3 rings (SSSR count). The number of aromatic nitrogens is 1. The Morgan fingerprint density at radius 3 is 2.55 bits per heavy atom. The SMILES string of the molecule is CCCCn1c2c(c(O)c(C(=O)Nc3ccccc3OC(C)=O)c1=O)CCCCCC2. The second-order valence-electron chi connectivity index (χ2n) is 7.92. The average molecular weight is 427 g/mol. The lowest BCUT2D eigenvalue weighted by Gasteiger charge is -2.22. The highest BCUT2D eigenvalue weighted by Crippen LogP contribution is 2.31. The fourth-order valence-corrected chi connectivity index (χ4v) is 4.06. The highest BCUT2D eigenvalue weighted by molar-refractivity contribution is 6.07. The van der Waals surface area contributed by atoms with Crippen LogP contribution in [0.3, 0.4) is 0 Å². The molecule has 1 heterocycles. The second kappa shape index (κ2) is 10.3. The molecule has 0 aliphatic heterocycles. The molecule has 0 radical (unpaired) electrons. The number of esters is 1. The zero-order chi connectivity index (χ0) is 22.4. The van der Waals surface area contributed by atoms with Gasteiger partial charge in [0.2, 0.25) is 0 Å². The summed E-state index contributed by atoms with van der Waals surface area (Å²) < 4.78 is 6.82. The Morgan fingerprint density at radius 1 is 1.13 bits per heavy atom. The third-order valence-electron chi connectivity index (χ3n) is 5.60. The first-order valence-electron chi connectivity index (χ1n) is 11.0. The minimum atomic E-state index is -0.711. The summed E-state index contributed by atoms with van der Waals surface area (Å²) in [6.07, 6.45) is 7.10. The summed E-state index contributed by atoms with van der Waals surface area (Å²) in [5.41, 5.74) is 1.08. The van der Waals surface area contributed by atoms with Crippen LogP contribution in [-0.4, -0.2) is 21.6 Å². The van der Waals surface area contributed by atoms with Gasteiger partial charge in [0.15, 0.2) is 5.75 Å². The van der Waals surface area contributed by atoms with Crippen molar-refractivity contribution in [1.82, 2.24) is 4.57 Å². The molecule has 0 atom stereocenters. The molecular weight excluding hydrogens is 396 g/mol. The Hall–Kier alpha value is -3.09. The van der Waals surface area contributed by atoms with E-state index < -0.39 is 17.4 Å². The summed E-state index contributed by atoms with van der Waals surface area (Å²) in [4.78, 5) is 37.8. The smallest absolute Gasteiger partial charge is 0.308 e. The predicted octanol–water partition coefficient (Wildman–Crippen LogP) is 4.19. The maximum absolute atomic E-state index is 13.3. The largest absolute Gasteiger partial charge is 0.507 e. The van der Waals surface area contributed by atoms with Crippen LogP contribution in [0.5, 0.6) is 11.5 Å².